The second-order valence-corrected chi connectivity index (χ2v) is 5.78. The first kappa shape index (κ1) is 14.8. The standard InChI is InChI=1S/C17H21N3O2/c21-9-8-20(12-13-4-2-1-3-5-13)17(22)14-6-7-15-11-18-19-16(15)10-14/h1-5,11,14,21H,6-10,12H2,(H,18,19). The number of nitrogens with zero attached hydrogens (tertiary/aromatic N) is 2. The molecule has 1 unspecified atom stereocenters. The highest BCUT2D eigenvalue weighted by Crippen LogP contribution is 2.25. The van der Waals surface area contributed by atoms with E-state index in [1.165, 1.54) is 5.56 Å². The average Bonchev–Trinajstić information content (AvgIpc) is 3.02. The van der Waals surface area contributed by atoms with Gasteiger partial charge in [0.15, 0.2) is 0 Å². The SMILES string of the molecule is O=C(C1CCc2cn[nH]c2C1)N(CCO)Cc1ccccc1. The van der Waals surface area contributed by atoms with Crippen molar-refractivity contribution >= 4 is 5.91 Å². The number of carbonyl (C=O) groups is 1. The summed E-state index contributed by atoms with van der Waals surface area (Å²) in [6.07, 6.45) is 4.30. The lowest BCUT2D eigenvalue weighted by molar-refractivity contribution is -0.137. The van der Waals surface area contributed by atoms with Gasteiger partial charge in [0.2, 0.25) is 5.91 Å². The number of aromatic nitrogens is 2. The average molecular weight is 299 g/mol. The molecule has 22 heavy (non-hydrogen) atoms. The summed E-state index contributed by atoms with van der Waals surface area (Å²) in [5.74, 6) is 0.0985. The number of amides is 1. The van der Waals surface area contributed by atoms with Crippen molar-refractivity contribution in [2.45, 2.75) is 25.8 Å². The van der Waals surface area contributed by atoms with Crippen LogP contribution in [-0.4, -0.2) is 39.3 Å². The van der Waals surface area contributed by atoms with E-state index in [0.29, 0.717) is 19.5 Å². The van der Waals surface area contributed by atoms with Gasteiger partial charge in [0.25, 0.3) is 0 Å². The van der Waals surface area contributed by atoms with Crippen LogP contribution in [0.5, 0.6) is 0 Å². The molecule has 0 saturated carbocycles. The number of aryl methyl sites for hydroxylation is 1. The molecule has 1 aliphatic rings. The van der Waals surface area contributed by atoms with Gasteiger partial charge in [-0.2, -0.15) is 5.10 Å². The lowest BCUT2D eigenvalue weighted by Crippen LogP contribution is -2.39. The molecule has 2 aromatic rings. The van der Waals surface area contributed by atoms with Crippen LogP contribution in [0.2, 0.25) is 0 Å². The van der Waals surface area contributed by atoms with Gasteiger partial charge in [0.05, 0.1) is 12.8 Å². The van der Waals surface area contributed by atoms with Gasteiger partial charge in [-0.25, -0.2) is 0 Å². The van der Waals surface area contributed by atoms with E-state index < -0.39 is 0 Å². The molecule has 3 rings (SSSR count). The predicted octanol–water partition coefficient (Wildman–Crippen LogP) is 1.54. The second-order valence-electron chi connectivity index (χ2n) is 5.78. The molecule has 5 nitrogen and oxygen atoms in total. The number of hydrogen-bond acceptors (Lipinski definition) is 3. The number of aliphatic hydroxyl groups is 1. The molecule has 116 valence electrons. The zero-order valence-electron chi connectivity index (χ0n) is 12.5. The van der Waals surface area contributed by atoms with Crippen molar-refractivity contribution in [3.63, 3.8) is 0 Å². The summed E-state index contributed by atoms with van der Waals surface area (Å²) in [6.45, 7) is 0.910. The van der Waals surface area contributed by atoms with Gasteiger partial charge < -0.3 is 10.0 Å². The van der Waals surface area contributed by atoms with E-state index in [2.05, 4.69) is 10.2 Å². The van der Waals surface area contributed by atoms with Gasteiger partial charge in [0, 0.05) is 31.1 Å². The summed E-state index contributed by atoms with van der Waals surface area (Å²) < 4.78 is 0. The van der Waals surface area contributed by atoms with Crippen molar-refractivity contribution in [3.8, 4) is 0 Å². The third-order valence-electron chi connectivity index (χ3n) is 4.27. The number of aromatic amines is 1. The van der Waals surface area contributed by atoms with Gasteiger partial charge in [-0.15, -0.1) is 0 Å². The maximum atomic E-state index is 12.8. The van der Waals surface area contributed by atoms with Gasteiger partial charge >= 0.3 is 0 Å². The molecule has 1 aromatic carbocycles. The minimum absolute atomic E-state index is 0.0133. The van der Waals surface area contributed by atoms with E-state index >= 15 is 0 Å². The van der Waals surface area contributed by atoms with E-state index in [4.69, 9.17) is 0 Å². The Morgan fingerprint density at radius 1 is 1.36 bits per heavy atom. The van der Waals surface area contributed by atoms with Gasteiger partial charge in [-0.05, 0) is 24.0 Å². The summed E-state index contributed by atoms with van der Waals surface area (Å²) in [5.41, 5.74) is 3.39. The van der Waals surface area contributed by atoms with Crippen molar-refractivity contribution in [1.29, 1.82) is 0 Å². The normalized spacial score (nSPS) is 17.0. The Labute approximate surface area is 130 Å². The molecule has 5 heteroatoms. The molecule has 0 spiro atoms. The van der Waals surface area contributed by atoms with E-state index in [-0.39, 0.29) is 18.4 Å². The molecule has 1 amide bonds. The highest BCUT2D eigenvalue weighted by Gasteiger charge is 2.29. The number of H-pyrrole nitrogens is 1. The monoisotopic (exact) mass is 299 g/mol. The second kappa shape index (κ2) is 6.75. The molecular weight excluding hydrogens is 278 g/mol. The number of rotatable bonds is 5. The number of nitrogens with one attached hydrogen (secondary N) is 1. The smallest absolute Gasteiger partial charge is 0.226 e. The molecule has 0 fully saturated rings. The highest BCUT2D eigenvalue weighted by molar-refractivity contribution is 5.79. The molecule has 0 aliphatic heterocycles. The van der Waals surface area contributed by atoms with Gasteiger partial charge in [0.1, 0.15) is 0 Å². The van der Waals surface area contributed by atoms with E-state index in [1.807, 2.05) is 36.5 Å². The summed E-state index contributed by atoms with van der Waals surface area (Å²) in [6, 6.07) is 9.91. The Hall–Kier alpha value is -2.14. The number of benzene rings is 1. The molecular formula is C17H21N3O2. The van der Waals surface area contributed by atoms with Gasteiger partial charge in [-0.1, -0.05) is 30.3 Å². The summed E-state index contributed by atoms with van der Waals surface area (Å²) in [4.78, 5) is 14.6. The fourth-order valence-corrected chi connectivity index (χ4v) is 3.07. The maximum absolute atomic E-state index is 12.8. The van der Waals surface area contributed by atoms with Crippen molar-refractivity contribution in [3.05, 3.63) is 53.3 Å². The maximum Gasteiger partial charge on any atom is 0.226 e. The number of carbonyl (C=O) groups excluding carboxylic acids is 1. The summed E-state index contributed by atoms with van der Waals surface area (Å²) in [7, 11) is 0. The molecule has 1 heterocycles. The van der Waals surface area contributed by atoms with Crippen molar-refractivity contribution < 1.29 is 9.90 Å². The predicted molar refractivity (Wildman–Crippen MR) is 83.0 cm³/mol. The van der Waals surface area contributed by atoms with Crippen LogP contribution in [0.25, 0.3) is 0 Å². The van der Waals surface area contributed by atoms with E-state index in [9.17, 15) is 9.90 Å². The molecule has 0 bridgehead atoms. The lowest BCUT2D eigenvalue weighted by atomic mass is 9.87. The first-order chi connectivity index (χ1) is 10.8. The van der Waals surface area contributed by atoms with E-state index in [0.717, 1.165) is 24.1 Å². The molecule has 1 aliphatic carbocycles. The Morgan fingerprint density at radius 2 is 2.18 bits per heavy atom. The Morgan fingerprint density at radius 3 is 2.95 bits per heavy atom. The van der Waals surface area contributed by atoms with Crippen LogP contribution in [-0.2, 0) is 24.2 Å². The third kappa shape index (κ3) is 3.20. The molecule has 1 atom stereocenters. The summed E-state index contributed by atoms with van der Waals surface area (Å²) >= 11 is 0. The van der Waals surface area contributed by atoms with Crippen LogP contribution in [0, 0.1) is 5.92 Å². The highest BCUT2D eigenvalue weighted by atomic mass is 16.3. The fraction of sp³-hybridized carbons (Fsp3) is 0.412. The van der Waals surface area contributed by atoms with Crippen LogP contribution in [0.4, 0.5) is 0 Å². The number of fused-ring (bicyclic) bond motifs is 1. The minimum atomic E-state index is -0.0248. The van der Waals surface area contributed by atoms with Crippen LogP contribution in [0.1, 0.15) is 23.2 Å². The topological polar surface area (TPSA) is 69.2 Å². The third-order valence-corrected chi connectivity index (χ3v) is 4.27. The Bertz CT molecular complexity index is 624. The summed E-state index contributed by atoms with van der Waals surface area (Å²) in [5, 5.41) is 16.3. The Balaban J connectivity index is 1.70. The molecule has 0 radical (unpaired) electrons. The quantitative estimate of drug-likeness (QED) is 0.880. The zero-order chi connectivity index (χ0) is 15.4. The van der Waals surface area contributed by atoms with Gasteiger partial charge in [-0.3, -0.25) is 9.89 Å². The van der Waals surface area contributed by atoms with Crippen LogP contribution in [0.15, 0.2) is 36.5 Å². The van der Waals surface area contributed by atoms with Crippen LogP contribution in [0.3, 0.4) is 0 Å². The molecule has 1 aromatic heterocycles. The number of aliphatic hydroxyl groups excluding tert-OH is 1. The van der Waals surface area contributed by atoms with Crippen LogP contribution >= 0.6 is 0 Å². The van der Waals surface area contributed by atoms with Crippen LogP contribution < -0.4 is 0 Å². The fourth-order valence-electron chi connectivity index (χ4n) is 3.07. The largest absolute Gasteiger partial charge is 0.395 e. The first-order valence-electron chi connectivity index (χ1n) is 7.72. The van der Waals surface area contributed by atoms with E-state index in [1.54, 1.807) is 4.90 Å². The Kier molecular flexibility index (Phi) is 4.53. The molecule has 0 saturated heterocycles. The van der Waals surface area contributed by atoms with Crippen molar-refractivity contribution in [1.82, 2.24) is 15.1 Å². The minimum Gasteiger partial charge on any atom is -0.395 e. The first-order valence-corrected chi connectivity index (χ1v) is 7.72. The molecule has 2 N–H and O–H groups in total. The van der Waals surface area contributed by atoms with Crippen molar-refractivity contribution in [2.75, 3.05) is 13.2 Å². The zero-order valence-corrected chi connectivity index (χ0v) is 12.5. The lowest BCUT2D eigenvalue weighted by Gasteiger charge is -2.29. The van der Waals surface area contributed by atoms with Crippen molar-refractivity contribution in [2.24, 2.45) is 5.92 Å². The number of hydrogen-bond donors (Lipinski definition) is 2.